The van der Waals surface area contributed by atoms with Crippen LogP contribution in [0.15, 0.2) is 0 Å². The second-order valence-corrected chi connectivity index (χ2v) is 9.56. The number of quaternary nitrogens is 1. The third-order valence-electron chi connectivity index (χ3n) is 6.36. The molecular formula is C27H57NO5. The summed E-state index contributed by atoms with van der Waals surface area (Å²) in [6, 6.07) is 0. The van der Waals surface area contributed by atoms with Crippen molar-refractivity contribution in [3.8, 4) is 0 Å². The molecule has 0 unspecified atom stereocenters. The average Bonchev–Trinajstić information content (AvgIpc) is 2.79. The molecule has 0 fully saturated rings. The summed E-state index contributed by atoms with van der Waals surface area (Å²) in [5, 5.41) is 36.7. The maximum Gasteiger partial charge on any atom is 0.0808 e. The number of nitrogens with zero attached hydrogens (tertiary/aromatic N) is 1. The van der Waals surface area contributed by atoms with Gasteiger partial charge in [-0.2, -0.15) is 0 Å². The standard InChI is InChI=1S/C25H54NO3.C2H4O2/c1-2-3-4-5-6-7-8-9-10-11-12-13-14-15-19-26(20-16-23-27,21-17-24-28)22-18-25-29;1-2(3)4/h27-29H,2-25H2,1H3;1H3,(H,3,4)/q+1;/p-1. The second kappa shape index (κ2) is 27.6. The first-order valence-electron chi connectivity index (χ1n) is 13.8. The summed E-state index contributed by atoms with van der Waals surface area (Å²) in [6.07, 6.45) is 21.7. The molecule has 3 N–H and O–H groups in total. The van der Waals surface area contributed by atoms with Crippen LogP contribution >= 0.6 is 0 Å². The monoisotopic (exact) mass is 475 g/mol. The third-order valence-corrected chi connectivity index (χ3v) is 6.36. The zero-order valence-electron chi connectivity index (χ0n) is 22.1. The zero-order chi connectivity index (χ0) is 25.0. The van der Waals surface area contributed by atoms with E-state index in [1.165, 1.54) is 89.9 Å². The summed E-state index contributed by atoms with van der Waals surface area (Å²) in [4.78, 5) is 8.89. The lowest BCUT2D eigenvalue weighted by molar-refractivity contribution is -0.929. The summed E-state index contributed by atoms with van der Waals surface area (Å²) in [5.41, 5.74) is 0. The Kier molecular flexibility index (Phi) is 28.8. The Bertz CT molecular complexity index is 367. The summed E-state index contributed by atoms with van der Waals surface area (Å²) < 4.78 is 0.958. The molecule has 0 heterocycles. The highest BCUT2D eigenvalue weighted by molar-refractivity contribution is 5.60. The van der Waals surface area contributed by atoms with Gasteiger partial charge in [0.05, 0.1) is 26.2 Å². The Labute approximate surface area is 205 Å². The molecule has 0 aromatic rings. The molecule has 6 heteroatoms. The molecule has 0 aromatic carbocycles. The summed E-state index contributed by atoms with van der Waals surface area (Å²) in [7, 11) is 0. The van der Waals surface area contributed by atoms with Crippen molar-refractivity contribution >= 4 is 5.97 Å². The van der Waals surface area contributed by atoms with Gasteiger partial charge in [-0.25, -0.2) is 0 Å². The smallest absolute Gasteiger partial charge is 0.0808 e. The van der Waals surface area contributed by atoms with Crippen molar-refractivity contribution in [2.24, 2.45) is 0 Å². The van der Waals surface area contributed by atoms with E-state index < -0.39 is 5.97 Å². The molecule has 33 heavy (non-hydrogen) atoms. The molecule has 0 radical (unpaired) electrons. The van der Waals surface area contributed by atoms with Crippen LogP contribution in [-0.4, -0.2) is 71.8 Å². The lowest BCUT2D eigenvalue weighted by Crippen LogP contribution is -2.51. The Morgan fingerprint density at radius 1 is 0.545 bits per heavy atom. The van der Waals surface area contributed by atoms with Crippen molar-refractivity contribution in [2.75, 3.05) is 46.0 Å². The van der Waals surface area contributed by atoms with Gasteiger partial charge in [0.15, 0.2) is 0 Å². The highest BCUT2D eigenvalue weighted by Crippen LogP contribution is 2.17. The van der Waals surface area contributed by atoms with Crippen molar-refractivity contribution < 1.29 is 29.7 Å². The van der Waals surface area contributed by atoms with Crippen LogP contribution in [0.5, 0.6) is 0 Å². The van der Waals surface area contributed by atoms with Gasteiger partial charge in [-0.15, -0.1) is 0 Å². The van der Waals surface area contributed by atoms with E-state index in [1.54, 1.807) is 0 Å². The Hall–Kier alpha value is -0.690. The number of unbranched alkanes of at least 4 members (excludes halogenated alkanes) is 13. The maximum atomic E-state index is 9.27. The normalized spacial score (nSPS) is 11.3. The van der Waals surface area contributed by atoms with Crippen LogP contribution in [0.25, 0.3) is 0 Å². The number of hydrogen-bond donors (Lipinski definition) is 3. The second-order valence-electron chi connectivity index (χ2n) is 9.56. The van der Waals surface area contributed by atoms with E-state index in [2.05, 4.69) is 6.92 Å². The van der Waals surface area contributed by atoms with E-state index in [0.717, 1.165) is 56.8 Å². The number of carbonyl (C=O) groups excluding carboxylic acids is 1. The van der Waals surface area contributed by atoms with Gasteiger partial charge in [0.25, 0.3) is 0 Å². The molecule has 0 aliphatic heterocycles. The van der Waals surface area contributed by atoms with Gasteiger partial charge < -0.3 is 29.7 Å². The van der Waals surface area contributed by atoms with E-state index in [1.807, 2.05) is 0 Å². The Balaban J connectivity index is 0. The molecule has 6 nitrogen and oxygen atoms in total. The van der Waals surface area contributed by atoms with Crippen molar-refractivity contribution in [3.63, 3.8) is 0 Å². The third kappa shape index (κ3) is 27.4. The van der Waals surface area contributed by atoms with E-state index >= 15 is 0 Å². The van der Waals surface area contributed by atoms with E-state index in [-0.39, 0.29) is 19.8 Å². The van der Waals surface area contributed by atoms with Gasteiger partial charge in [-0.05, 0) is 19.8 Å². The fourth-order valence-electron chi connectivity index (χ4n) is 4.53. The lowest BCUT2D eigenvalue weighted by Gasteiger charge is -2.39. The molecule has 0 aromatic heterocycles. The summed E-state index contributed by atoms with van der Waals surface area (Å²) >= 11 is 0. The molecular weight excluding hydrogens is 418 g/mol. The number of carbonyl (C=O) groups is 1. The minimum atomic E-state index is -1.08. The topological polar surface area (TPSA) is 101 Å². The number of hydrogen-bond acceptors (Lipinski definition) is 5. The van der Waals surface area contributed by atoms with Crippen molar-refractivity contribution in [1.82, 2.24) is 0 Å². The maximum absolute atomic E-state index is 9.27. The number of rotatable bonds is 24. The first-order chi connectivity index (χ1) is 16.0. The first kappa shape index (κ1) is 34.5. The van der Waals surface area contributed by atoms with Gasteiger partial charge >= 0.3 is 0 Å². The molecule has 0 amide bonds. The highest BCUT2D eigenvalue weighted by Gasteiger charge is 2.25. The first-order valence-corrected chi connectivity index (χ1v) is 13.8. The molecule has 0 bridgehead atoms. The summed E-state index contributed by atoms with van der Waals surface area (Å²) in [5.74, 6) is -1.08. The predicted molar refractivity (Wildman–Crippen MR) is 136 cm³/mol. The zero-order valence-corrected chi connectivity index (χ0v) is 22.1. The number of carboxylic acids is 1. The van der Waals surface area contributed by atoms with Crippen molar-refractivity contribution in [1.29, 1.82) is 0 Å². The van der Waals surface area contributed by atoms with Crippen LogP contribution in [-0.2, 0) is 4.79 Å². The molecule has 0 aliphatic rings. The van der Waals surface area contributed by atoms with E-state index in [0.29, 0.717) is 0 Å². The quantitative estimate of drug-likeness (QED) is 0.144. The molecule has 200 valence electrons. The van der Waals surface area contributed by atoms with Gasteiger partial charge in [0.2, 0.25) is 0 Å². The fourth-order valence-corrected chi connectivity index (χ4v) is 4.53. The van der Waals surface area contributed by atoms with E-state index in [4.69, 9.17) is 9.90 Å². The van der Waals surface area contributed by atoms with Crippen LogP contribution in [0.3, 0.4) is 0 Å². The lowest BCUT2D eigenvalue weighted by atomic mass is 10.0. The average molecular weight is 476 g/mol. The van der Waals surface area contributed by atoms with Gasteiger partial charge in [-0.3, -0.25) is 0 Å². The van der Waals surface area contributed by atoms with Crippen LogP contribution in [0.2, 0.25) is 0 Å². The van der Waals surface area contributed by atoms with Gasteiger partial charge in [0.1, 0.15) is 0 Å². The number of aliphatic hydroxyl groups excluding tert-OH is 3. The molecule has 0 saturated heterocycles. The van der Waals surface area contributed by atoms with Crippen LogP contribution in [0.1, 0.15) is 123 Å². The van der Waals surface area contributed by atoms with Gasteiger partial charge in [0, 0.05) is 45.1 Å². The number of aliphatic hydroxyl groups is 3. The molecule has 0 saturated carbocycles. The molecule has 0 spiro atoms. The van der Waals surface area contributed by atoms with Crippen LogP contribution in [0.4, 0.5) is 0 Å². The van der Waals surface area contributed by atoms with Crippen molar-refractivity contribution in [2.45, 2.75) is 123 Å². The number of aliphatic carboxylic acids is 1. The fraction of sp³-hybridized carbons (Fsp3) is 0.963. The van der Waals surface area contributed by atoms with E-state index in [9.17, 15) is 15.3 Å². The number of carboxylic acid groups (broad SMARTS) is 1. The highest BCUT2D eigenvalue weighted by atomic mass is 16.4. The largest absolute Gasteiger partial charge is 0.550 e. The van der Waals surface area contributed by atoms with Gasteiger partial charge in [-0.1, -0.05) is 84.0 Å². The SMILES string of the molecule is CC(=O)[O-].CCCCCCCCCCCCCCCC[N+](CCCO)(CCCO)CCCO. The van der Waals surface area contributed by atoms with Crippen LogP contribution in [0, 0.1) is 0 Å². The summed E-state index contributed by atoms with van der Waals surface area (Å²) in [6.45, 7) is 7.98. The minimum absolute atomic E-state index is 0.233. The van der Waals surface area contributed by atoms with Crippen LogP contribution < -0.4 is 5.11 Å². The predicted octanol–water partition coefficient (Wildman–Crippen LogP) is 4.19. The Morgan fingerprint density at radius 2 is 0.788 bits per heavy atom. The minimum Gasteiger partial charge on any atom is -0.550 e. The molecule has 0 rings (SSSR count). The van der Waals surface area contributed by atoms with Crippen molar-refractivity contribution in [3.05, 3.63) is 0 Å². The Morgan fingerprint density at radius 3 is 1.06 bits per heavy atom. The molecule has 0 atom stereocenters. The molecule has 0 aliphatic carbocycles.